The molecule has 1 saturated heterocycles. The van der Waals surface area contributed by atoms with Crippen LogP contribution in [0.1, 0.15) is 47.3 Å². The summed E-state index contributed by atoms with van der Waals surface area (Å²) in [5.74, 6) is -0.378. The molecule has 6 nitrogen and oxygen atoms in total. The summed E-state index contributed by atoms with van der Waals surface area (Å²) in [4.78, 5) is 26.8. The molecule has 0 aliphatic carbocycles. The maximum absolute atomic E-state index is 12.9. The van der Waals surface area contributed by atoms with E-state index in [1.54, 1.807) is 41.3 Å². The number of hydrogen-bond acceptors (Lipinski definition) is 4. The van der Waals surface area contributed by atoms with Gasteiger partial charge in [0.25, 0.3) is 5.91 Å². The molecule has 1 fully saturated rings. The number of sulfone groups is 1. The summed E-state index contributed by atoms with van der Waals surface area (Å²) >= 11 is 0. The molecule has 3 aromatic carbocycles. The Morgan fingerprint density at radius 3 is 2.48 bits per heavy atom. The summed E-state index contributed by atoms with van der Waals surface area (Å²) in [5, 5.41) is 2.93. The van der Waals surface area contributed by atoms with Gasteiger partial charge in [-0.2, -0.15) is 0 Å². The lowest BCUT2D eigenvalue weighted by atomic mass is 10.1. The number of nitrogens with one attached hydrogen (secondary N) is 1. The molecule has 4 rings (SSSR count). The van der Waals surface area contributed by atoms with Crippen LogP contribution in [0.5, 0.6) is 0 Å². The van der Waals surface area contributed by atoms with Gasteiger partial charge in [-0.25, -0.2) is 8.42 Å². The minimum absolute atomic E-state index is 0.109. The van der Waals surface area contributed by atoms with Crippen molar-refractivity contribution in [3.05, 3.63) is 95.6 Å². The average Bonchev–Trinajstić information content (AvgIpc) is 3.25. The van der Waals surface area contributed by atoms with Gasteiger partial charge < -0.3 is 10.2 Å². The van der Waals surface area contributed by atoms with Gasteiger partial charge in [0.15, 0.2) is 9.84 Å². The smallest absolute Gasteiger partial charge is 0.251 e. The van der Waals surface area contributed by atoms with Gasteiger partial charge >= 0.3 is 0 Å². The van der Waals surface area contributed by atoms with Crippen LogP contribution in [0, 0.1) is 0 Å². The molecule has 0 radical (unpaired) electrons. The highest BCUT2D eigenvalue weighted by molar-refractivity contribution is 7.90. The summed E-state index contributed by atoms with van der Waals surface area (Å²) in [6, 6.07) is 22.3. The number of rotatable bonds is 7. The summed E-state index contributed by atoms with van der Waals surface area (Å²) in [6.45, 7) is 2.56. The second-order valence-corrected chi connectivity index (χ2v) is 10.2. The molecule has 1 heterocycles. The number of nitrogens with zero attached hydrogens (tertiary/aromatic N) is 1. The maximum Gasteiger partial charge on any atom is 0.251 e. The second-order valence-electron chi connectivity index (χ2n) is 8.21. The molecule has 33 heavy (non-hydrogen) atoms. The van der Waals surface area contributed by atoms with Crippen molar-refractivity contribution in [2.45, 2.75) is 36.5 Å². The molecular formula is C26H26N2O4S. The third kappa shape index (κ3) is 5.31. The first-order chi connectivity index (χ1) is 15.8. The molecule has 0 saturated carbocycles. The molecule has 2 amide bonds. The average molecular weight is 463 g/mol. The minimum atomic E-state index is -3.59. The molecule has 1 aliphatic rings. The zero-order chi connectivity index (χ0) is 23.4. The van der Waals surface area contributed by atoms with Crippen LogP contribution in [0.3, 0.4) is 0 Å². The number of carbonyl (C=O) groups excluding carboxylic acids is 2. The van der Waals surface area contributed by atoms with Crippen molar-refractivity contribution in [2.24, 2.45) is 0 Å². The molecule has 7 heteroatoms. The Morgan fingerprint density at radius 1 is 1.00 bits per heavy atom. The van der Waals surface area contributed by atoms with E-state index >= 15 is 0 Å². The van der Waals surface area contributed by atoms with Crippen LogP contribution in [-0.2, 0) is 20.4 Å². The molecule has 0 bridgehead atoms. The van der Waals surface area contributed by atoms with E-state index in [1.165, 1.54) is 12.1 Å². The molecule has 1 N–H and O–H groups in total. The fourth-order valence-electron chi connectivity index (χ4n) is 3.95. The third-order valence-corrected chi connectivity index (χ3v) is 7.44. The van der Waals surface area contributed by atoms with Gasteiger partial charge in [0.05, 0.1) is 16.7 Å². The molecule has 3 aromatic rings. The minimum Gasteiger partial charge on any atom is -0.346 e. The van der Waals surface area contributed by atoms with E-state index in [0.717, 1.165) is 17.7 Å². The van der Waals surface area contributed by atoms with E-state index in [2.05, 4.69) is 5.32 Å². The summed E-state index contributed by atoms with van der Waals surface area (Å²) in [7, 11) is -3.59. The number of anilines is 1. The van der Waals surface area contributed by atoms with Crippen molar-refractivity contribution < 1.29 is 18.0 Å². The largest absolute Gasteiger partial charge is 0.346 e. The Hall–Kier alpha value is -3.45. The van der Waals surface area contributed by atoms with Crippen molar-refractivity contribution in [3.8, 4) is 0 Å². The third-order valence-electron chi connectivity index (χ3n) is 5.76. The van der Waals surface area contributed by atoms with Gasteiger partial charge in [0.2, 0.25) is 5.91 Å². The lowest BCUT2D eigenvalue weighted by molar-refractivity contribution is -0.117. The monoisotopic (exact) mass is 462 g/mol. The van der Waals surface area contributed by atoms with Gasteiger partial charge in [-0.1, -0.05) is 48.5 Å². The van der Waals surface area contributed by atoms with E-state index in [-0.39, 0.29) is 34.1 Å². The summed E-state index contributed by atoms with van der Waals surface area (Å²) in [6.07, 6.45) is 1.40. The maximum atomic E-state index is 12.9. The van der Waals surface area contributed by atoms with Crippen LogP contribution in [0.2, 0.25) is 0 Å². The van der Waals surface area contributed by atoms with E-state index in [0.29, 0.717) is 18.5 Å². The molecular weight excluding hydrogens is 436 g/mol. The first kappa shape index (κ1) is 22.7. The Kier molecular flexibility index (Phi) is 6.60. The predicted molar refractivity (Wildman–Crippen MR) is 128 cm³/mol. The highest BCUT2D eigenvalue weighted by atomic mass is 32.2. The van der Waals surface area contributed by atoms with Gasteiger partial charge in [-0.3, -0.25) is 9.59 Å². The van der Waals surface area contributed by atoms with Gasteiger partial charge in [-0.05, 0) is 54.8 Å². The fourth-order valence-corrected chi connectivity index (χ4v) is 5.34. The van der Waals surface area contributed by atoms with Gasteiger partial charge in [0, 0.05) is 24.2 Å². The van der Waals surface area contributed by atoms with E-state index in [9.17, 15) is 18.0 Å². The van der Waals surface area contributed by atoms with Crippen molar-refractivity contribution >= 4 is 27.3 Å². The zero-order valence-corrected chi connectivity index (χ0v) is 19.2. The highest BCUT2D eigenvalue weighted by Gasteiger charge is 2.23. The van der Waals surface area contributed by atoms with Crippen LogP contribution in [-0.4, -0.2) is 26.8 Å². The number of carbonyl (C=O) groups is 2. The van der Waals surface area contributed by atoms with Crippen molar-refractivity contribution in [1.29, 1.82) is 0 Å². The van der Waals surface area contributed by atoms with Gasteiger partial charge in [-0.15, -0.1) is 0 Å². The first-order valence-corrected chi connectivity index (χ1v) is 12.6. The van der Waals surface area contributed by atoms with Crippen molar-refractivity contribution in [3.63, 3.8) is 0 Å². The lowest BCUT2D eigenvalue weighted by Crippen LogP contribution is -2.27. The molecule has 1 unspecified atom stereocenters. The van der Waals surface area contributed by atoms with Crippen LogP contribution in [0.15, 0.2) is 83.8 Å². The standard InChI is InChI=1S/C26H26N2O4S/c1-19(21-10-5-12-23(16-21)28-15-7-14-25(28)29)27-26(30)22-11-6-13-24(17-22)33(31,32)18-20-8-3-2-4-9-20/h2-6,8-13,16-17,19H,7,14-15,18H2,1H3,(H,27,30). The Labute approximate surface area is 194 Å². The second kappa shape index (κ2) is 9.58. The Morgan fingerprint density at radius 2 is 1.76 bits per heavy atom. The number of hydrogen-bond donors (Lipinski definition) is 1. The van der Waals surface area contributed by atoms with E-state index in [4.69, 9.17) is 0 Å². The SMILES string of the molecule is CC(NC(=O)c1cccc(S(=O)(=O)Cc2ccccc2)c1)c1cccc(N2CCCC2=O)c1. The van der Waals surface area contributed by atoms with Crippen molar-refractivity contribution in [2.75, 3.05) is 11.4 Å². The van der Waals surface area contributed by atoms with E-state index in [1.807, 2.05) is 37.3 Å². The predicted octanol–water partition coefficient (Wildman–Crippen LogP) is 4.28. The molecule has 170 valence electrons. The van der Waals surface area contributed by atoms with Crippen LogP contribution >= 0.6 is 0 Å². The lowest BCUT2D eigenvalue weighted by Gasteiger charge is -2.19. The highest BCUT2D eigenvalue weighted by Crippen LogP contribution is 2.25. The topological polar surface area (TPSA) is 83.6 Å². The van der Waals surface area contributed by atoms with Gasteiger partial charge in [0.1, 0.15) is 0 Å². The zero-order valence-electron chi connectivity index (χ0n) is 18.4. The van der Waals surface area contributed by atoms with Crippen LogP contribution in [0.4, 0.5) is 5.69 Å². The number of benzene rings is 3. The Balaban J connectivity index is 1.48. The molecule has 0 spiro atoms. The van der Waals surface area contributed by atoms with Crippen molar-refractivity contribution in [1.82, 2.24) is 5.32 Å². The van der Waals surface area contributed by atoms with Crippen LogP contribution < -0.4 is 10.2 Å². The summed E-state index contributed by atoms with van der Waals surface area (Å²) in [5.41, 5.74) is 2.66. The Bertz CT molecular complexity index is 1270. The van der Waals surface area contributed by atoms with Crippen LogP contribution in [0.25, 0.3) is 0 Å². The first-order valence-electron chi connectivity index (χ1n) is 10.9. The number of amides is 2. The van der Waals surface area contributed by atoms with E-state index < -0.39 is 9.84 Å². The molecule has 1 aliphatic heterocycles. The molecule has 0 aromatic heterocycles. The molecule has 1 atom stereocenters. The fraction of sp³-hybridized carbons (Fsp3) is 0.231. The normalized spacial score (nSPS) is 14.8. The summed E-state index contributed by atoms with van der Waals surface area (Å²) < 4.78 is 25.7. The quantitative estimate of drug-likeness (QED) is 0.568.